The molecule has 0 bridgehead atoms. The Labute approximate surface area is 96.5 Å². The van der Waals surface area contributed by atoms with Crippen LogP contribution < -0.4 is 17.0 Å². The second-order valence-corrected chi connectivity index (χ2v) is 3.71. The van der Waals surface area contributed by atoms with Gasteiger partial charge in [-0.1, -0.05) is 0 Å². The average Bonchev–Trinajstić information content (AvgIpc) is 2.62. The number of nitrogens with two attached hydrogens (primary N) is 1. The Balaban J connectivity index is 2.23. The topological polar surface area (TPSA) is 98.7 Å². The number of hydrogen-bond donors (Lipinski definition) is 2. The van der Waals surface area contributed by atoms with Crippen LogP contribution in [0.25, 0.3) is 0 Å². The predicted octanol–water partition coefficient (Wildman–Crippen LogP) is -0.905. The minimum Gasteiger partial charge on any atom is -0.385 e. The molecule has 2 heterocycles. The number of nitrogens with one attached hydrogen (secondary N) is 1. The molecule has 0 saturated heterocycles. The predicted molar refractivity (Wildman–Crippen MR) is 62.6 cm³/mol. The number of nitrogens with zero attached hydrogens (tertiary/aromatic N) is 3. The largest absolute Gasteiger partial charge is 0.385 e. The van der Waals surface area contributed by atoms with Crippen LogP contribution in [0.4, 0.5) is 5.82 Å². The lowest BCUT2D eigenvalue weighted by molar-refractivity contribution is 0.615. The van der Waals surface area contributed by atoms with Gasteiger partial charge in [-0.3, -0.25) is 19.0 Å². The van der Waals surface area contributed by atoms with Crippen molar-refractivity contribution in [1.29, 1.82) is 0 Å². The SMILES string of the molecule is Cn1nccc1CCn1c(N)cc(=O)[nH]c1=O. The van der Waals surface area contributed by atoms with Gasteiger partial charge < -0.3 is 5.73 Å². The molecule has 0 radical (unpaired) electrons. The zero-order valence-electron chi connectivity index (χ0n) is 9.38. The second kappa shape index (κ2) is 4.28. The number of aryl methyl sites for hydroxylation is 2. The van der Waals surface area contributed by atoms with Crippen molar-refractivity contribution < 1.29 is 0 Å². The maximum atomic E-state index is 11.5. The Bertz CT molecular complexity index is 637. The molecule has 0 aromatic carbocycles. The van der Waals surface area contributed by atoms with E-state index in [1.54, 1.807) is 10.9 Å². The van der Waals surface area contributed by atoms with Gasteiger partial charge in [-0.25, -0.2) is 4.79 Å². The quantitative estimate of drug-likeness (QED) is 0.719. The van der Waals surface area contributed by atoms with E-state index in [0.717, 1.165) is 5.69 Å². The summed E-state index contributed by atoms with van der Waals surface area (Å²) < 4.78 is 3.06. The Morgan fingerprint density at radius 2 is 2.24 bits per heavy atom. The summed E-state index contributed by atoms with van der Waals surface area (Å²) in [6.45, 7) is 0.404. The molecule has 90 valence electrons. The van der Waals surface area contributed by atoms with Crippen LogP contribution in [0, 0.1) is 0 Å². The number of anilines is 1. The maximum Gasteiger partial charge on any atom is 0.329 e. The second-order valence-electron chi connectivity index (χ2n) is 3.71. The number of hydrogen-bond acceptors (Lipinski definition) is 4. The van der Waals surface area contributed by atoms with E-state index in [1.165, 1.54) is 10.6 Å². The van der Waals surface area contributed by atoms with Crippen LogP contribution in [-0.2, 0) is 20.0 Å². The number of aromatic nitrogens is 4. The lowest BCUT2D eigenvalue weighted by Crippen LogP contribution is -2.32. The average molecular weight is 235 g/mol. The number of aromatic amines is 1. The van der Waals surface area contributed by atoms with Crippen LogP contribution in [0.3, 0.4) is 0 Å². The van der Waals surface area contributed by atoms with Gasteiger partial charge in [0.15, 0.2) is 0 Å². The van der Waals surface area contributed by atoms with Crippen molar-refractivity contribution in [3.8, 4) is 0 Å². The Morgan fingerprint density at radius 3 is 2.82 bits per heavy atom. The highest BCUT2D eigenvalue weighted by atomic mass is 16.2. The number of rotatable bonds is 3. The molecule has 0 fully saturated rings. The van der Waals surface area contributed by atoms with Crippen LogP contribution in [0.15, 0.2) is 27.9 Å². The minimum atomic E-state index is -0.489. The molecule has 3 N–H and O–H groups in total. The molecule has 17 heavy (non-hydrogen) atoms. The summed E-state index contributed by atoms with van der Waals surface area (Å²) in [5.41, 5.74) is 5.64. The lowest BCUT2D eigenvalue weighted by atomic mass is 10.3. The standard InChI is InChI=1S/C10H13N5O2/c1-14-7(2-4-12-14)3-5-15-8(11)6-9(16)13-10(15)17/h2,4,6H,3,5,11H2,1H3,(H,13,16,17). The molecule has 2 aromatic heterocycles. The number of nitrogen functional groups attached to an aromatic ring is 1. The first kappa shape index (κ1) is 11.2. The summed E-state index contributed by atoms with van der Waals surface area (Å²) in [5.74, 6) is 0.168. The van der Waals surface area contributed by atoms with Crippen molar-refractivity contribution >= 4 is 5.82 Å². The van der Waals surface area contributed by atoms with Crippen molar-refractivity contribution in [1.82, 2.24) is 19.3 Å². The van der Waals surface area contributed by atoms with Gasteiger partial charge in [-0.15, -0.1) is 0 Å². The highest BCUT2D eigenvalue weighted by molar-refractivity contribution is 5.26. The molecule has 2 aromatic rings. The molecule has 0 aliphatic heterocycles. The van der Waals surface area contributed by atoms with Gasteiger partial charge in [-0.05, 0) is 6.07 Å². The van der Waals surface area contributed by atoms with Crippen molar-refractivity contribution in [2.45, 2.75) is 13.0 Å². The summed E-state index contributed by atoms with van der Waals surface area (Å²) >= 11 is 0. The first-order valence-electron chi connectivity index (χ1n) is 5.14. The fourth-order valence-corrected chi connectivity index (χ4v) is 1.64. The van der Waals surface area contributed by atoms with Gasteiger partial charge in [0.1, 0.15) is 5.82 Å². The van der Waals surface area contributed by atoms with Crippen LogP contribution in [0.5, 0.6) is 0 Å². The third-order valence-corrected chi connectivity index (χ3v) is 2.58. The molecule has 2 rings (SSSR count). The van der Waals surface area contributed by atoms with E-state index in [2.05, 4.69) is 10.1 Å². The first-order chi connectivity index (χ1) is 8.08. The van der Waals surface area contributed by atoms with Crippen molar-refractivity contribution in [2.75, 3.05) is 5.73 Å². The monoisotopic (exact) mass is 235 g/mol. The zero-order chi connectivity index (χ0) is 12.4. The summed E-state index contributed by atoms with van der Waals surface area (Å²) in [7, 11) is 1.83. The van der Waals surface area contributed by atoms with Gasteiger partial charge in [-0.2, -0.15) is 5.10 Å². The van der Waals surface area contributed by atoms with Crippen LogP contribution in [0.1, 0.15) is 5.69 Å². The van der Waals surface area contributed by atoms with E-state index in [0.29, 0.717) is 13.0 Å². The minimum absolute atomic E-state index is 0.168. The smallest absolute Gasteiger partial charge is 0.329 e. The van der Waals surface area contributed by atoms with E-state index >= 15 is 0 Å². The molecule has 0 amide bonds. The maximum absolute atomic E-state index is 11.5. The van der Waals surface area contributed by atoms with E-state index in [1.807, 2.05) is 13.1 Å². The normalized spacial score (nSPS) is 10.6. The summed E-state index contributed by atoms with van der Waals surface area (Å²) in [6, 6.07) is 3.07. The van der Waals surface area contributed by atoms with Gasteiger partial charge in [0.05, 0.1) is 0 Å². The van der Waals surface area contributed by atoms with E-state index in [4.69, 9.17) is 5.73 Å². The fourth-order valence-electron chi connectivity index (χ4n) is 1.64. The molecule has 0 atom stereocenters. The molecule has 0 spiro atoms. The van der Waals surface area contributed by atoms with Gasteiger partial charge >= 0.3 is 5.69 Å². The van der Waals surface area contributed by atoms with Crippen molar-refractivity contribution in [3.63, 3.8) is 0 Å². The zero-order valence-corrected chi connectivity index (χ0v) is 9.38. The highest BCUT2D eigenvalue weighted by Crippen LogP contribution is 2.01. The van der Waals surface area contributed by atoms with Crippen LogP contribution in [0.2, 0.25) is 0 Å². The first-order valence-corrected chi connectivity index (χ1v) is 5.14. The molecular formula is C10H13N5O2. The van der Waals surface area contributed by atoms with Crippen molar-refractivity contribution in [2.24, 2.45) is 7.05 Å². The van der Waals surface area contributed by atoms with Gasteiger partial charge in [0, 0.05) is 38.0 Å². The molecule has 0 aliphatic carbocycles. The fraction of sp³-hybridized carbons (Fsp3) is 0.300. The third-order valence-electron chi connectivity index (χ3n) is 2.58. The number of H-pyrrole nitrogens is 1. The molecule has 0 unspecified atom stereocenters. The lowest BCUT2D eigenvalue weighted by Gasteiger charge is -2.08. The van der Waals surface area contributed by atoms with Crippen LogP contribution in [-0.4, -0.2) is 19.3 Å². The Hall–Kier alpha value is -2.31. The summed E-state index contributed by atoms with van der Waals surface area (Å²) in [5, 5.41) is 4.03. The third kappa shape index (κ3) is 2.27. The Kier molecular flexibility index (Phi) is 2.82. The molecule has 7 nitrogen and oxygen atoms in total. The van der Waals surface area contributed by atoms with Crippen molar-refractivity contribution in [3.05, 3.63) is 44.9 Å². The molecule has 0 aliphatic rings. The van der Waals surface area contributed by atoms with E-state index in [9.17, 15) is 9.59 Å². The summed E-state index contributed by atoms with van der Waals surface area (Å²) in [4.78, 5) is 24.7. The van der Waals surface area contributed by atoms with Gasteiger partial charge in [0.25, 0.3) is 5.56 Å². The van der Waals surface area contributed by atoms with E-state index < -0.39 is 11.2 Å². The van der Waals surface area contributed by atoms with Crippen LogP contribution >= 0.6 is 0 Å². The Morgan fingerprint density at radius 1 is 1.47 bits per heavy atom. The van der Waals surface area contributed by atoms with Gasteiger partial charge in [0.2, 0.25) is 0 Å². The molecule has 0 saturated carbocycles. The molecular weight excluding hydrogens is 222 g/mol. The highest BCUT2D eigenvalue weighted by Gasteiger charge is 2.04. The van der Waals surface area contributed by atoms with E-state index in [-0.39, 0.29) is 5.82 Å². The summed E-state index contributed by atoms with van der Waals surface area (Å²) in [6.07, 6.45) is 2.31. The molecule has 7 heteroatoms.